The molecule has 0 fully saturated rings. The van der Waals surface area contributed by atoms with Gasteiger partial charge in [0.2, 0.25) is 5.91 Å². The topological polar surface area (TPSA) is 46.9 Å². The van der Waals surface area contributed by atoms with Crippen molar-refractivity contribution in [1.82, 2.24) is 14.9 Å². The van der Waals surface area contributed by atoms with Crippen LogP contribution in [0.1, 0.15) is 17.0 Å². The van der Waals surface area contributed by atoms with E-state index >= 15 is 0 Å². The van der Waals surface area contributed by atoms with Gasteiger partial charge in [-0.25, -0.2) is 4.98 Å². The highest BCUT2D eigenvalue weighted by Crippen LogP contribution is 2.19. The molecule has 0 bridgehead atoms. The Morgan fingerprint density at radius 3 is 2.69 bits per heavy atom. The number of carbonyl (C=O) groups excluding carboxylic acids is 1. The Morgan fingerprint density at radius 1 is 1.19 bits per heavy atom. The van der Waals surface area contributed by atoms with E-state index in [1.165, 1.54) is 0 Å². The maximum absolute atomic E-state index is 12.2. The number of hydrogen-bond donors (Lipinski definition) is 1. The summed E-state index contributed by atoms with van der Waals surface area (Å²) in [7, 11) is 0. The molecule has 0 aliphatic heterocycles. The van der Waals surface area contributed by atoms with Crippen molar-refractivity contribution >= 4 is 32.9 Å². The Hall–Kier alpha value is -2.40. The first-order valence-electron chi connectivity index (χ1n) is 8.63. The van der Waals surface area contributed by atoms with E-state index in [-0.39, 0.29) is 5.91 Å². The predicted octanol–water partition coefficient (Wildman–Crippen LogP) is 4.15. The summed E-state index contributed by atoms with van der Waals surface area (Å²) in [5.74, 6) is 0.981. The molecule has 1 aromatic heterocycles. The molecule has 0 radical (unpaired) electrons. The molecule has 3 aromatic rings. The highest BCUT2D eigenvalue weighted by molar-refractivity contribution is 9.11. The number of nitrogens with zero attached hydrogens (tertiary/aromatic N) is 2. The van der Waals surface area contributed by atoms with Crippen LogP contribution in [-0.2, 0) is 24.2 Å². The van der Waals surface area contributed by atoms with E-state index in [0.29, 0.717) is 25.9 Å². The van der Waals surface area contributed by atoms with Gasteiger partial charge in [0.05, 0.1) is 24.0 Å². The normalized spacial score (nSPS) is 10.8. The molecular formula is C21H22BrN3O. The second kappa shape index (κ2) is 8.32. The van der Waals surface area contributed by atoms with Crippen LogP contribution in [0.5, 0.6) is 0 Å². The standard InChI is InChI=1S/C21H22BrN3O/c1-15-7-3-4-8-17(15)13-21(26)23-12-11-20-24-18-9-5-6-10-19(18)25(20)14-16(2)22/h3-10H,2,11-14H2,1H3,(H,23,26). The molecule has 1 heterocycles. The fourth-order valence-corrected chi connectivity index (χ4v) is 3.27. The summed E-state index contributed by atoms with van der Waals surface area (Å²) < 4.78 is 3.03. The zero-order valence-electron chi connectivity index (χ0n) is 14.8. The molecule has 0 spiro atoms. The number of nitrogens with one attached hydrogen (secondary N) is 1. The van der Waals surface area contributed by atoms with E-state index in [2.05, 4.69) is 38.5 Å². The maximum atomic E-state index is 12.2. The first-order valence-corrected chi connectivity index (χ1v) is 9.42. The van der Waals surface area contributed by atoms with Crippen molar-refractivity contribution in [3.05, 3.63) is 76.5 Å². The highest BCUT2D eigenvalue weighted by Gasteiger charge is 2.11. The minimum Gasteiger partial charge on any atom is -0.355 e. The summed E-state index contributed by atoms with van der Waals surface area (Å²) in [6.07, 6.45) is 1.08. The van der Waals surface area contributed by atoms with Gasteiger partial charge in [-0.05, 0) is 30.2 Å². The fourth-order valence-electron chi connectivity index (χ4n) is 3.02. The Kier molecular flexibility index (Phi) is 5.89. The Balaban J connectivity index is 1.65. The van der Waals surface area contributed by atoms with Crippen molar-refractivity contribution in [3.8, 4) is 0 Å². The van der Waals surface area contributed by atoms with Crippen LogP contribution in [0.2, 0.25) is 0 Å². The third-order valence-corrected chi connectivity index (χ3v) is 4.60. The first kappa shape index (κ1) is 18.4. The summed E-state index contributed by atoms with van der Waals surface area (Å²) >= 11 is 3.44. The molecule has 0 atom stereocenters. The maximum Gasteiger partial charge on any atom is 0.224 e. The molecule has 1 amide bonds. The molecule has 4 nitrogen and oxygen atoms in total. The van der Waals surface area contributed by atoms with E-state index in [1.807, 2.05) is 49.4 Å². The van der Waals surface area contributed by atoms with Crippen LogP contribution in [0, 0.1) is 6.92 Å². The first-order chi connectivity index (χ1) is 12.5. The lowest BCUT2D eigenvalue weighted by molar-refractivity contribution is -0.120. The molecular weight excluding hydrogens is 390 g/mol. The summed E-state index contributed by atoms with van der Waals surface area (Å²) in [5, 5.41) is 3.01. The number of carbonyl (C=O) groups is 1. The van der Waals surface area contributed by atoms with Crippen molar-refractivity contribution < 1.29 is 4.79 Å². The molecule has 0 aliphatic carbocycles. The van der Waals surface area contributed by atoms with E-state index in [0.717, 1.165) is 32.5 Å². The quantitative estimate of drug-likeness (QED) is 0.634. The average Bonchev–Trinajstić information content (AvgIpc) is 2.94. The number of rotatable bonds is 7. The number of aromatic nitrogens is 2. The number of hydrogen-bond acceptors (Lipinski definition) is 2. The van der Waals surface area contributed by atoms with Gasteiger partial charge in [-0.2, -0.15) is 0 Å². The van der Waals surface area contributed by atoms with Gasteiger partial charge in [0.1, 0.15) is 5.82 Å². The van der Waals surface area contributed by atoms with E-state index in [4.69, 9.17) is 4.98 Å². The minimum absolute atomic E-state index is 0.0341. The zero-order valence-corrected chi connectivity index (χ0v) is 16.4. The monoisotopic (exact) mass is 411 g/mol. The van der Waals surface area contributed by atoms with E-state index in [1.54, 1.807) is 0 Å². The summed E-state index contributed by atoms with van der Waals surface area (Å²) in [5.41, 5.74) is 4.24. The van der Waals surface area contributed by atoms with Crippen molar-refractivity contribution in [2.45, 2.75) is 26.3 Å². The second-order valence-corrected chi connectivity index (χ2v) is 7.44. The Bertz CT molecular complexity index is 945. The van der Waals surface area contributed by atoms with Gasteiger partial charge in [0.25, 0.3) is 0 Å². The SMILES string of the molecule is C=C(Br)Cn1c(CCNC(=O)Cc2ccccc2C)nc2ccccc21. The number of aryl methyl sites for hydroxylation is 1. The highest BCUT2D eigenvalue weighted by atomic mass is 79.9. The zero-order chi connectivity index (χ0) is 18.5. The number of allylic oxidation sites excluding steroid dienone is 1. The van der Waals surface area contributed by atoms with Crippen LogP contribution >= 0.6 is 15.9 Å². The van der Waals surface area contributed by atoms with Crippen LogP contribution in [0.25, 0.3) is 11.0 Å². The molecule has 0 saturated carbocycles. The second-order valence-electron chi connectivity index (χ2n) is 6.32. The van der Waals surface area contributed by atoms with Gasteiger partial charge in [0.15, 0.2) is 0 Å². The van der Waals surface area contributed by atoms with E-state index < -0.39 is 0 Å². The lowest BCUT2D eigenvalue weighted by Gasteiger charge is -2.10. The molecule has 2 aromatic carbocycles. The van der Waals surface area contributed by atoms with Gasteiger partial charge >= 0.3 is 0 Å². The number of halogens is 1. The van der Waals surface area contributed by atoms with E-state index in [9.17, 15) is 4.79 Å². The third-order valence-electron chi connectivity index (χ3n) is 4.35. The number of imidazole rings is 1. The molecule has 0 saturated heterocycles. The van der Waals surface area contributed by atoms with Gasteiger partial charge < -0.3 is 9.88 Å². The third kappa shape index (κ3) is 4.41. The number of para-hydroxylation sites is 2. The van der Waals surface area contributed by atoms with Gasteiger partial charge in [-0.3, -0.25) is 4.79 Å². The van der Waals surface area contributed by atoms with Crippen LogP contribution < -0.4 is 5.32 Å². The summed E-state index contributed by atoms with van der Waals surface area (Å²) in [6, 6.07) is 16.0. The fraction of sp³-hybridized carbons (Fsp3) is 0.238. The van der Waals surface area contributed by atoms with Crippen LogP contribution in [-0.4, -0.2) is 22.0 Å². The average molecular weight is 412 g/mol. The molecule has 0 aliphatic rings. The van der Waals surface area contributed by atoms with Crippen LogP contribution in [0.3, 0.4) is 0 Å². The Morgan fingerprint density at radius 2 is 1.92 bits per heavy atom. The molecule has 134 valence electrons. The van der Waals surface area contributed by atoms with Crippen LogP contribution in [0.15, 0.2) is 59.6 Å². The molecule has 26 heavy (non-hydrogen) atoms. The molecule has 3 rings (SSSR count). The molecule has 5 heteroatoms. The largest absolute Gasteiger partial charge is 0.355 e. The summed E-state index contributed by atoms with van der Waals surface area (Å²) in [4.78, 5) is 16.9. The molecule has 1 N–H and O–H groups in total. The van der Waals surface area contributed by atoms with Crippen LogP contribution in [0.4, 0.5) is 0 Å². The molecule has 0 unspecified atom stereocenters. The van der Waals surface area contributed by atoms with Crippen molar-refractivity contribution in [3.63, 3.8) is 0 Å². The van der Waals surface area contributed by atoms with Crippen molar-refractivity contribution in [1.29, 1.82) is 0 Å². The van der Waals surface area contributed by atoms with Crippen molar-refractivity contribution in [2.24, 2.45) is 0 Å². The smallest absolute Gasteiger partial charge is 0.224 e. The minimum atomic E-state index is 0.0341. The lowest BCUT2D eigenvalue weighted by Crippen LogP contribution is -2.28. The number of fused-ring (bicyclic) bond motifs is 1. The van der Waals surface area contributed by atoms with Crippen molar-refractivity contribution in [2.75, 3.05) is 6.54 Å². The summed E-state index contributed by atoms with van der Waals surface area (Å²) in [6.45, 7) is 7.18. The van der Waals surface area contributed by atoms with Gasteiger partial charge in [-0.15, -0.1) is 0 Å². The number of benzene rings is 2. The predicted molar refractivity (Wildman–Crippen MR) is 109 cm³/mol. The Labute approximate surface area is 162 Å². The number of amides is 1. The van der Waals surface area contributed by atoms with Gasteiger partial charge in [-0.1, -0.05) is 58.9 Å². The lowest BCUT2D eigenvalue weighted by atomic mass is 10.1. The van der Waals surface area contributed by atoms with Gasteiger partial charge in [0, 0.05) is 17.4 Å².